The van der Waals surface area contributed by atoms with Crippen LogP contribution < -0.4 is 0 Å². The molecule has 0 amide bonds. The van der Waals surface area contributed by atoms with Crippen LogP contribution in [0.4, 0.5) is 4.39 Å². The number of halogens is 1. The first-order valence-corrected chi connectivity index (χ1v) is 6.93. The van der Waals surface area contributed by atoms with Crippen molar-refractivity contribution in [2.75, 3.05) is 0 Å². The van der Waals surface area contributed by atoms with Gasteiger partial charge in [-0.05, 0) is 37.3 Å². The molecule has 0 aliphatic carbocycles. The van der Waals surface area contributed by atoms with E-state index in [-0.39, 0.29) is 5.82 Å². The van der Waals surface area contributed by atoms with Gasteiger partial charge >= 0.3 is 0 Å². The number of rotatable bonds is 6. The number of benzene rings is 1. The highest BCUT2D eigenvalue weighted by Gasteiger charge is 2.08. The number of hydrogen-bond acceptors (Lipinski definition) is 1. The largest absolute Gasteiger partial charge is 0.205 e. The molecule has 0 saturated carbocycles. The van der Waals surface area contributed by atoms with Crippen molar-refractivity contribution in [1.29, 1.82) is 0 Å². The fraction of sp³-hybridized carbons (Fsp3) is 0.375. The van der Waals surface area contributed by atoms with Crippen LogP contribution in [0.3, 0.4) is 0 Å². The van der Waals surface area contributed by atoms with Crippen molar-refractivity contribution in [2.45, 2.75) is 44.4 Å². The van der Waals surface area contributed by atoms with Crippen LogP contribution in [0.2, 0.25) is 0 Å². The maximum Gasteiger partial charge on any atom is 0.140 e. The molecular formula is C16H21FS. The first-order valence-electron chi connectivity index (χ1n) is 6.48. The zero-order valence-electron chi connectivity index (χ0n) is 11.1. The molecule has 1 aromatic carbocycles. The molecule has 0 aliphatic rings. The summed E-state index contributed by atoms with van der Waals surface area (Å²) in [6.07, 6.45) is 11.8. The fourth-order valence-corrected chi connectivity index (χ4v) is 2.02. The Hall–Kier alpha value is -1.02. The summed E-state index contributed by atoms with van der Waals surface area (Å²) in [7, 11) is 0. The van der Waals surface area contributed by atoms with E-state index < -0.39 is 0 Å². The van der Waals surface area contributed by atoms with E-state index in [4.69, 9.17) is 0 Å². The zero-order chi connectivity index (χ0) is 13.4. The molecule has 0 aliphatic heterocycles. The molecule has 2 heteroatoms. The molecule has 1 aromatic rings. The monoisotopic (exact) mass is 264 g/mol. The Morgan fingerprint density at radius 2 is 2.00 bits per heavy atom. The number of hydrogen-bond donors (Lipinski definition) is 1. The van der Waals surface area contributed by atoms with E-state index in [1.54, 1.807) is 0 Å². The van der Waals surface area contributed by atoms with Gasteiger partial charge in [0.2, 0.25) is 0 Å². The van der Waals surface area contributed by atoms with Crippen LogP contribution in [0.1, 0.15) is 44.2 Å². The van der Waals surface area contributed by atoms with E-state index in [0.29, 0.717) is 4.90 Å². The van der Waals surface area contributed by atoms with Gasteiger partial charge < -0.3 is 0 Å². The van der Waals surface area contributed by atoms with Crippen LogP contribution in [0.5, 0.6) is 0 Å². The summed E-state index contributed by atoms with van der Waals surface area (Å²) >= 11 is 4.28. The molecule has 1 rings (SSSR count). The molecule has 0 nitrogen and oxygen atoms in total. The summed E-state index contributed by atoms with van der Waals surface area (Å²) in [5, 5.41) is 0. The number of aryl methyl sites for hydroxylation is 1. The van der Waals surface area contributed by atoms with E-state index >= 15 is 0 Å². The van der Waals surface area contributed by atoms with Gasteiger partial charge in [0, 0.05) is 4.90 Å². The second-order valence-electron chi connectivity index (χ2n) is 4.28. The standard InChI is InChI=1S/C16H21FS/c1-3-5-7-9-13-11-12-14(10-8-6-4-2)16(18)15(13)17/h3,5,8,10-12,18H,4,6-7,9H2,1-2H3/b5-3+,10-8+. The summed E-state index contributed by atoms with van der Waals surface area (Å²) in [5.41, 5.74) is 1.60. The molecule has 0 bridgehead atoms. The fourth-order valence-electron chi connectivity index (χ4n) is 1.73. The first-order chi connectivity index (χ1) is 8.70. The predicted molar refractivity (Wildman–Crippen MR) is 80.7 cm³/mol. The van der Waals surface area contributed by atoms with Crippen molar-refractivity contribution in [3.63, 3.8) is 0 Å². The second-order valence-corrected chi connectivity index (χ2v) is 4.72. The minimum atomic E-state index is -0.179. The Morgan fingerprint density at radius 1 is 1.22 bits per heavy atom. The van der Waals surface area contributed by atoms with Gasteiger partial charge in [-0.3, -0.25) is 0 Å². The summed E-state index contributed by atoms with van der Waals surface area (Å²) in [6.45, 7) is 4.10. The lowest BCUT2D eigenvalue weighted by Crippen LogP contribution is -1.93. The van der Waals surface area contributed by atoms with Gasteiger partial charge in [-0.1, -0.05) is 49.8 Å². The van der Waals surface area contributed by atoms with Crippen molar-refractivity contribution in [2.24, 2.45) is 0 Å². The normalized spacial score (nSPS) is 11.8. The maximum absolute atomic E-state index is 14.1. The van der Waals surface area contributed by atoms with Crippen LogP contribution >= 0.6 is 12.6 Å². The van der Waals surface area contributed by atoms with Gasteiger partial charge in [-0.15, -0.1) is 12.6 Å². The quantitative estimate of drug-likeness (QED) is 0.513. The van der Waals surface area contributed by atoms with Gasteiger partial charge in [0.05, 0.1) is 0 Å². The van der Waals surface area contributed by atoms with Gasteiger partial charge in [-0.2, -0.15) is 0 Å². The SMILES string of the molecule is C/C=C/CCc1ccc(/C=C/CCC)c(S)c1F. The van der Waals surface area contributed by atoms with Crippen LogP contribution in [0.25, 0.3) is 6.08 Å². The van der Waals surface area contributed by atoms with Crippen LogP contribution in [0.15, 0.2) is 35.3 Å². The number of unbranched alkanes of at least 4 members (excludes halogenated alkanes) is 1. The minimum Gasteiger partial charge on any atom is -0.205 e. The van der Waals surface area contributed by atoms with Crippen molar-refractivity contribution < 1.29 is 4.39 Å². The molecule has 0 radical (unpaired) electrons. The zero-order valence-corrected chi connectivity index (χ0v) is 12.0. The van der Waals surface area contributed by atoms with Gasteiger partial charge in [0.25, 0.3) is 0 Å². The van der Waals surface area contributed by atoms with Crippen LogP contribution in [-0.2, 0) is 6.42 Å². The van der Waals surface area contributed by atoms with Gasteiger partial charge in [0.15, 0.2) is 0 Å². The Labute approximate surface area is 115 Å². The Bertz CT molecular complexity index is 433. The molecule has 0 saturated heterocycles. The third kappa shape index (κ3) is 4.34. The van der Waals surface area contributed by atoms with Crippen molar-refractivity contribution in [3.05, 3.63) is 47.3 Å². The first kappa shape index (κ1) is 15.0. The summed E-state index contributed by atoms with van der Waals surface area (Å²) in [6, 6.07) is 3.81. The Morgan fingerprint density at radius 3 is 2.67 bits per heavy atom. The van der Waals surface area contributed by atoms with Crippen molar-refractivity contribution in [3.8, 4) is 0 Å². The molecule has 0 aromatic heterocycles. The Kier molecular flexibility index (Phi) is 6.81. The molecule has 0 heterocycles. The average molecular weight is 264 g/mol. The van der Waals surface area contributed by atoms with Crippen LogP contribution in [0, 0.1) is 5.82 Å². The lowest BCUT2D eigenvalue weighted by atomic mass is 10.1. The maximum atomic E-state index is 14.1. The van der Waals surface area contributed by atoms with E-state index in [0.717, 1.165) is 36.8 Å². The third-order valence-corrected chi connectivity index (χ3v) is 3.25. The van der Waals surface area contributed by atoms with E-state index in [9.17, 15) is 4.39 Å². The molecular weight excluding hydrogens is 243 g/mol. The summed E-state index contributed by atoms with van der Waals surface area (Å²) in [4.78, 5) is 0.459. The second kappa shape index (κ2) is 8.15. The lowest BCUT2D eigenvalue weighted by molar-refractivity contribution is 0.584. The molecule has 0 spiro atoms. The molecule has 0 fully saturated rings. The highest BCUT2D eigenvalue weighted by molar-refractivity contribution is 7.80. The highest BCUT2D eigenvalue weighted by Crippen LogP contribution is 2.24. The third-order valence-electron chi connectivity index (χ3n) is 2.80. The van der Waals surface area contributed by atoms with Crippen molar-refractivity contribution >= 4 is 18.7 Å². The summed E-state index contributed by atoms with van der Waals surface area (Å²) < 4.78 is 14.1. The average Bonchev–Trinajstić information content (AvgIpc) is 2.37. The molecule has 98 valence electrons. The van der Waals surface area contributed by atoms with Crippen LogP contribution in [-0.4, -0.2) is 0 Å². The number of allylic oxidation sites excluding steroid dienone is 3. The van der Waals surface area contributed by atoms with E-state index in [1.807, 2.05) is 37.3 Å². The smallest absolute Gasteiger partial charge is 0.140 e. The number of thiol groups is 1. The highest BCUT2D eigenvalue weighted by atomic mass is 32.1. The predicted octanol–water partition coefficient (Wildman–Crippen LogP) is 5.44. The Balaban J connectivity index is 2.83. The molecule has 0 atom stereocenters. The van der Waals surface area contributed by atoms with Crippen molar-refractivity contribution in [1.82, 2.24) is 0 Å². The van der Waals surface area contributed by atoms with Gasteiger partial charge in [-0.25, -0.2) is 4.39 Å². The molecule has 0 unspecified atom stereocenters. The van der Waals surface area contributed by atoms with Gasteiger partial charge in [0.1, 0.15) is 5.82 Å². The van der Waals surface area contributed by atoms with E-state index in [1.165, 1.54) is 0 Å². The minimum absolute atomic E-state index is 0.179. The summed E-state index contributed by atoms with van der Waals surface area (Å²) in [5.74, 6) is -0.179. The molecule has 18 heavy (non-hydrogen) atoms. The van der Waals surface area contributed by atoms with E-state index in [2.05, 4.69) is 25.6 Å². The topological polar surface area (TPSA) is 0 Å². The lowest BCUT2D eigenvalue weighted by Gasteiger charge is -2.07. The molecule has 0 N–H and O–H groups in total.